The van der Waals surface area contributed by atoms with Gasteiger partial charge in [0.1, 0.15) is 0 Å². The van der Waals surface area contributed by atoms with E-state index in [1.807, 2.05) is 7.05 Å². The summed E-state index contributed by atoms with van der Waals surface area (Å²) in [6, 6.07) is 8.06. The summed E-state index contributed by atoms with van der Waals surface area (Å²) in [6.45, 7) is 3.66. The molecule has 0 saturated carbocycles. The zero-order valence-corrected chi connectivity index (χ0v) is 12.1. The fourth-order valence-corrected chi connectivity index (χ4v) is 2.24. The number of aryl methyl sites for hydroxylation is 1. The van der Waals surface area contributed by atoms with Crippen molar-refractivity contribution in [1.29, 1.82) is 0 Å². The first-order valence-corrected chi connectivity index (χ1v) is 6.48. The average Bonchev–Trinajstić information content (AvgIpc) is 2.69. The van der Waals surface area contributed by atoms with Crippen LogP contribution in [0.25, 0.3) is 0 Å². The van der Waals surface area contributed by atoms with E-state index in [0.29, 0.717) is 12.4 Å². The lowest BCUT2D eigenvalue weighted by Crippen LogP contribution is -2.17. The molecule has 0 amide bonds. The van der Waals surface area contributed by atoms with E-state index in [1.54, 1.807) is 6.07 Å². The summed E-state index contributed by atoms with van der Waals surface area (Å²) in [5.74, 6) is 1.21. The van der Waals surface area contributed by atoms with E-state index in [-0.39, 0.29) is 0 Å². The molecule has 4 nitrogen and oxygen atoms in total. The number of nitrogens with zero attached hydrogens (tertiary/aromatic N) is 2. The topological polar surface area (TPSA) is 55.3 Å². The minimum absolute atomic E-state index is 0.428. The molecular weight excluding hydrogens is 294 g/mol. The predicted octanol–water partition coefficient (Wildman–Crippen LogP) is 2.96. The zero-order valence-electron chi connectivity index (χ0n) is 10.5. The lowest BCUT2D eigenvalue weighted by Gasteiger charge is -2.16. The van der Waals surface area contributed by atoms with Crippen LogP contribution in [0.1, 0.15) is 16.9 Å². The fourth-order valence-electron chi connectivity index (χ4n) is 1.83. The van der Waals surface area contributed by atoms with Crippen LogP contribution in [0.4, 0.5) is 5.82 Å². The van der Waals surface area contributed by atoms with Gasteiger partial charge < -0.3 is 10.3 Å². The first kappa shape index (κ1) is 13.1. The number of hydrogen-bond acceptors (Lipinski definition) is 4. The molecule has 0 spiro atoms. The largest absolute Gasteiger partial charge is 0.381 e. The molecule has 0 saturated heterocycles. The second-order valence-corrected chi connectivity index (χ2v) is 5.38. The number of benzene rings is 1. The number of halogens is 1. The summed E-state index contributed by atoms with van der Waals surface area (Å²) < 4.78 is 6.20. The van der Waals surface area contributed by atoms with E-state index in [4.69, 9.17) is 10.3 Å². The molecule has 2 aromatic rings. The smallest absolute Gasteiger partial charge is 0.167 e. The standard InChI is InChI=1S/C13H16BrN3O/c1-9-3-4-11(14)5-10(9)7-17(2)8-12-6-13(15)16-18-12/h3-6H,7-8H2,1-2H3,(H2,15,16). The van der Waals surface area contributed by atoms with Crippen molar-refractivity contribution in [3.63, 3.8) is 0 Å². The Morgan fingerprint density at radius 2 is 2.11 bits per heavy atom. The molecule has 0 atom stereocenters. The third kappa shape index (κ3) is 3.34. The molecular formula is C13H16BrN3O. The molecule has 1 aromatic heterocycles. The molecule has 0 aliphatic heterocycles. The van der Waals surface area contributed by atoms with Gasteiger partial charge in [-0.1, -0.05) is 27.2 Å². The van der Waals surface area contributed by atoms with Crippen molar-refractivity contribution in [2.45, 2.75) is 20.0 Å². The molecule has 0 aliphatic carbocycles. The molecule has 2 N–H and O–H groups in total. The molecule has 1 aromatic carbocycles. The van der Waals surface area contributed by atoms with Crippen LogP contribution in [0.15, 0.2) is 33.3 Å². The zero-order chi connectivity index (χ0) is 13.1. The number of aromatic nitrogens is 1. The van der Waals surface area contributed by atoms with E-state index in [9.17, 15) is 0 Å². The van der Waals surface area contributed by atoms with Gasteiger partial charge >= 0.3 is 0 Å². The van der Waals surface area contributed by atoms with Crippen LogP contribution in [0.3, 0.4) is 0 Å². The van der Waals surface area contributed by atoms with Crippen LogP contribution in [0.2, 0.25) is 0 Å². The van der Waals surface area contributed by atoms with Crippen molar-refractivity contribution in [2.75, 3.05) is 12.8 Å². The monoisotopic (exact) mass is 309 g/mol. The van der Waals surface area contributed by atoms with Crippen molar-refractivity contribution < 1.29 is 4.52 Å². The Balaban J connectivity index is 2.02. The maximum absolute atomic E-state index is 5.52. The summed E-state index contributed by atoms with van der Waals surface area (Å²) in [6.07, 6.45) is 0. The minimum Gasteiger partial charge on any atom is -0.381 e. The second kappa shape index (κ2) is 5.54. The van der Waals surface area contributed by atoms with Crippen LogP contribution in [0.5, 0.6) is 0 Å². The van der Waals surface area contributed by atoms with Crippen molar-refractivity contribution >= 4 is 21.7 Å². The summed E-state index contributed by atoms with van der Waals surface area (Å²) in [4.78, 5) is 2.16. The highest BCUT2D eigenvalue weighted by Crippen LogP contribution is 2.18. The highest BCUT2D eigenvalue weighted by Gasteiger charge is 2.08. The van der Waals surface area contributed by atoms with Crippen LogP contribution in [-0.4, -0.2) is 17.1 Å². The van der Waals surface area contributed by atoms with Gasteiger partial charge in [0.15, 0.2) is 11.6 Å². The van der Waals surface area contributed by atoms with Gasteiger partial charge in [-0.15, -0.1) is 0 Å². The lowest BCUT2D eigenvalue weighted by molar-refractivity contribution is 0.266. The number of hydrogen-bond donors (Lipinski definition) is 1. The van der Waals surface area contributed by atoms with Gasteiger partial charge in [0, 0.05) is 17.1 Å². The Morgan fingerprint density at radius 1 is 1.33 bits per heavy atom. The molecule has 5 heteroatoms. The Kier molecular flexibility index (Phi) is 4.04. The normalized spacial score (nSPS) is 11.1. The molecule has 1 heterocycles. The first-order valence-electron chi connectivity index (χ1n) is 5.69. The van der Waals surface area contributed by atoms with Gasteiger partial charge in [0.2, 0.25) is 0 Å². The lowest BCUT2D eigenvalue weighted by atomic mass is 10.1. The maximum atomic E-state index is 5.52. The van der Waals surface area contributed by atoms with Crippen LogP contribution in [0, 0.1) is 6.92 Å². The van der Waals surface area contributed by atoms with E-state index in [0.717, 1.165) is 16.8 Å². The Morgan fingerprint density at radius 3 is 2.78 bits per heavy atom. The van der Waals surface area contributed by atoms with Crippen molar-refractivity contribution in [3.05, 3.63) is 45.6 Å². The van der Waals surface area contributed by atoms with Gasteiger partial charge in [-0.05, 0) is 37.2 Å². The molecule has 0 aliphatic rings. The van der Waals surface area contributed by atoms with Gasteiger partial charge in [-0.25, -0.2) is 0 Å². The first-order chi connectivity index (χ1) is 8.54. The number of rotatable bonds is 4. The van der Waals surface area contributed by atoms with Crippen molar-refractivity contribution in [3.8, 4) is 0 Å². The predicted molar refractivity (Wildman–Crippen MR) is 75.0 cm³/mol. The van der Waals surface area contributed by atoms with Gasteiger partial charge in [-0.3, -0.25) is 4.90 Å². The average molecular weight is 310 g/mol. The Labute approximate surface area is 115 Å². The summed E-state index contributed by atoms with van der Waals surface area (Å²) in [5, 5.41) is 3.68. The van der Waals surface area contributed by atoms with Gasteiger partial charge in [0.05, 0.1) is 6.54 Å². The minimum atomic E-state index is 0.428. The molecule has 2 rings (SSSR count). The van der Waals surface area contributed by atoms with Crippen LogP contribution >= 0.6 is 15.9 Å². The van der Waals surface area contributed by atoms with Crippen LogP contribution in [-0.2, 0) is 13.1 Å². The molecule has 96 valence electrons. The quantitative estimate of drug-likeness (QED) is 0.943. The summed E-state index contributed by atoms with van der Waals surface area (Å²) in [7, 11) is 2.04. The Bertz CT molecular complexity index is 539. The third-order valence-electron chi connectivity index (χ3n) is 2.75. The molecule has 0 radical (unpaired) electrons. The molecule has 18 heavy (non-hydrogen) atoms. The van der Waals surface area contributed by atoms with E-state index in [1.165, 1.54) is 11.1 Å². The third-order valence-corrected chi connectivity index (χ3v) is 3.25. The highest BCUT2D eigenvalue weighted by molar-refractivity contribution is 9.10. The Hall–Kier alpha value is -1.33. The van der Waals surface area contributed by atoms with Crippen molar-refractivity contribution in [2.24, 2.45) is 0 Å². The molecule has 0 bridgehead atoms. The van der Waals surface area contributed by atoms with Crippen LogP contribution < -0.4 is 5.73 Å². The SMILES string of the molecule is Cc1ccc(Br)cc1CN(C)Cc1cc(N)no1. The maximum Gasteiger partial charge on any atom is 0.167 e. The van der Waals surface area contributed by atoms with Gasteiger partial charge in [0.25, 0.3) is 0 Å². The number of nitrogen functional groups attached to an aromatic ring is 1. The number of anilines is 1. The van der Waals surface area contributed by atoms with Crippen molar-refractivity contribution in [1.82, 2.24) is 10.1 Å². The molecule has 0 unspecified atom stereocenters. The number of nitrogens with two attached hydrogens (primary N) is 1. The second-order valence-electron chi connectivity index (χ2n) is 4.46. The van der Waals surface area contributed by atoms with E-state index < -0.39 is 0 Å². The summed E-state index contributed by atoms with van der Waals surface area (Å²) >= 11 is 3.49. The summed E-state index contributed by atoms with van der Waals surface area (Å²) in [5.41, 5.74) is 8.09. The molecule has 0 fully saturated rings. The van der Waals surface area contributed by atoms with Gasteiger partial charge in [-0.2, -0.15) is 0 Å². The van der Waals surface area contributed by atoms with E-state index >= 15 is 0 Å². The van der Waals surface area contributed by atoms with E-state index in [2.05, 4.69) is 51.1 Å². The highest BCUT2D eigenvalue weighted by atomic mass is 79.9. The fraction of sp³-hybridized carbons (Fsp3) is 0.308.